The van der Waals surface area contributed by atoms with Crippen LogP contribution >= 0.6 is 0 Å². The molecule has 1 amide bonds. The van der Waals surface area contributed by atoms with Gasteiger partial charge in [0.2, 0.25) is 5.91 Å². The summed E-state index contributed by atoms with van der Waals surface area (Å²) in [6, 6.07) is 8.48. The fourth-order valence-electron chi connectivity index (χ4n) is 3.48. The van der Waals surface area contributed by atoms with Gasteiger partial charge in [0, 0.05) is 42.0 Å². The number of benzene rings is 1. The van der Waals surface area contributed by atoms with Crippen LogP contribution in [0.3, 0.4) is 0 Å². The fourth-order valence-corrected chi connectivity index (χ4v) is 3.48. The van der Waals surface area contributed by atoms with Crippen LogP contribution in [0.15, 0.2) is 24.3 Å². The Morgan fingerprint density at radius 1 is 1.19 bits per heavy atom. The van der Waals surface area contributed by atoms with Gasteiger partial charge in [-0.05, 0) is 30.9 Å². The lowest BCUT2D eigenvalue weighted by atomic mass is 10.0. The molecular formula is C18H24N2O. The lowest BCUT2D eigenvalue weighted by Crippen LogP contribution is -2.37. The second-order valence-corrected chi connectivity index (χ2v) is 5.97. The SMILES string of the molecule is CCC(CC)C(=O)N1CCc2[nH]c3ccccc3c2CC1. The number of H-pyrrole nitrogens is 1. The molecule has 1 aromatic carbocycles. The average Bonchev–Trinajstić information content (AvgIpc) is 2.73. The van der Waals surface area contributed by atoms with E-state index in [1.54, 1.807) is 0 Å². The van der Waals surface area contributed by atoms with E-state index in [1.807, 2.05) is 0 Å². The van der Waals surface area contributed by atoms with Crippen molar-refractivity contribution < 1.29 is 4.79 Å². The van der Waals surface area contributed by atoms with Crippen LogP contribution in [0, 0.1) is 5.92 Å². The molecule has 0 saturated carbocycles. The molecule has 112 valence electrons. The van der Waals surface area contributed by atoms with Gasteiger partial charge in [0.05, 0.1) is 0 Å². The van der Waals surface area contributed by atoms with Crippen molar-refractivity contribution in [3.8, 4) is 0 Å². The van der Waals surface area contributed by atoms with Crippen molar-refractivity contribution in [2.24, 2.45) is 5.92 Å². The zero-order valence-electron chi connectivity index (χ0n) is 13.0. The highest BCUT2D eigenvalue weighted by Gasteiger charge is 2.24. The van der Waals surface area contributed by atoms with Crippen LogP contribution in [-0.4, -0.2) is 28.9 Å². The number of carbonyl (C=O) groups excluding carboxylic acids is 1. The molecule has 1 aromatic heterocycles. The molecule has 3 nitrogen and oxygen atoms in total. The van der Waals surface area contributed by atoms with Gasteiger partial charge in [-0.2, -0.15) is 0 Å². The van der Waals surface area contributed by atoms with Gasteiger partial charge >= 0.3 is 0 Å². The summed E-state index contributed by atoms with van der Waals surface area (Å²) in [7, 11) is 0. The molecule has 1 aliphatic heterocycles. The summed E-state index contributed by atoms with van der Waals surface area (Å²) in [5.41, 5.74) is 3.95. The van der Waals surface area contributed by atoms with Crippen LogP contribution < -0.4 is 0 Å². The molecule has 1 N–H and O–H groups in total. The van der Waals surface area contributed by atoms with Crippen molar-refractivity contribution in [3.05, 3.63) is 35.5 Å². The molecule has 21 heavy (non-hydrogen) atoms. The smallest absolute Gasteiger partial charge is 0.225 e. The van der Waals surface area contributed by atoms with Gasteiger partial charge in [-0.25, -0.2) is 0 Å². The fraction of sp³-hybridized carbons (Fsp3) is 0.500. The van der Waals surface area contributed by atoms with E-state index < -0.39 is 0 Å². The standard InChI is InChI=1S/C18H24N2O/c1-3-13(4-2)18(21)20-11-9-15-14-7-5-6-8-16(14)19-17(15)10-12-20/h5-8,13,19H,3-4,9-12H2,1-2H3. The molecule has 2 aromatic rings. The van der Waals surface area contributed by atoms with Crippen LogP contribution in [-0.2, 0) is 17.6 Å². The van der Waals surface area contributed by atoms with Gasteiger partial charge in [-0.3, -0.25) is 4.79 Å². The second kappa shape index (κ2) is 5.92. The van der Waals surface area contributed by atoms with E-state index in [0.717, 1.165) is 38.8 Å². The number of fused-ring (bicyclic) bond motifs is 3. The first kappa shape index (κ1) is 14.2. The van der Waals surface area contributed by atoms with Crippen molar-refractivity contribution >= 4 is 16.8 Å². The Morgan fingerprint density at radius 3 is 2.67 bits per heavy atom. The number of nitrogens with one attached hydrogen (secondary N) is 1. The van der Waals surface area contributed by atoms with E-state index in [0.29, 0.717) is 5.91 Å². The highest BCUT2D eigenvalue weighted by atomic mass is 16.2. The number of para-hydroxylation sites is 1. The van der Waals surface area contributed by atoms with Gasteiger partial charge in [0.15, 0.2) is 0 Å². The summed E-state index contributed by atoms with van der Waals surface area (Å²) < 4.78 is 0. The van der Waals surface area contributed by atoms with Crippen molar-refractivity contribution in [3.63, 3.8) is 0 Å². The Labute approximate surface area is 126 Å². The topological polar surface area (TPSA) is 36.1 Å². The summed E-state index contributed by atoms with van der Waals surface area (Å²) in [4.78, 5) is 18.2. The Kier molecular flexibility index (Phi) is 4.00. The molecule has 0 aliphatic carbocycles. The van der Waals surface area contributed by atoms with Gasteiger partial charge in [0.1, 0.15) is 0 Å². The minimum atomic E-state index is 0.193. The molecule has 0 fully saturated rings. The first-order chi connectivity index (χ1) is 10.2. The maximum atomic E-state index is 12.6. The maximum absolute atomic E-state index is 12.6. The molecule has 1 aliphatic rings. The van der Waals surface area contributed by atoms with Gasteiger partial charge < -0.3 is 9.88 Å². The zero-order valence-corrected chi connectivity index (χ0v) is 13.0. The number of aromatic nitrogens is 1. The van der Waals surface area contributed by atoms with Crippen LogP contribution in [0.2, 0.25) is 0 Å². The predicted octanol–water partition coefficient (Wildman–Crippen LogP) is 3.53. The van der Waals surface area contributed by atoms with E-state index in [1.165, 1.54) is 22.2 Å². The second-order valence-electron chi connectivity index (χ2n) is 5.97. The summed E-state index contributed by atoms with van der Waals surface area (Å²) >= 11 is 0. The number of hydrogen-bond donors (Lipinski definition) is 1. The quantitative estimate of drug-likeness (QED) is 0.919. The molecule has 0 unspecified atom stereocenters. The molecule has 0 atom stereocenters. The molecule has 0 bridgehead atoms. The summed E-state index contributed by atoms with van der Waals surface area (Å²) in [5, 5.41) is 1.32. The van der Waals surface area contributed by atoms with Crippen molar-refractivity contribution in [2.75, 3.05) is 13.1 Å². The molecule has 0 spiro atoms. The molecule has 0 saturated heterocycles. The number of nitrogens with zero attached hydrogens (tertiary/aromatic N) is 1. The van der Waals surface area contributed by atoms with Crippen molar-refractivity contribution in [1.82, 2.24) is 9.88 Å². The van der Waals surface area contributed by atoms with Gasteiger partial charge in [0.25, 0.3) is 0 Å². The Balaban J connectivity index is 1.81. The first-order valence-electron chi connectivity index (χ1n) is 8.11. The lowest BCUT2D eigenvalue weighted by Gasteiger charge is -2.24. The predicted molar refractivity (Wildman–Crippen MR) is 86.4 cm³/mol. The van der Waals surface area contributed by atoms with Crippen molar-refractivity contribution in [1.29, 1.82) is 0 Å². The third-order valence-corrected chi connectivity index (χ3v) is 4.81. The summed E-state index contributed by atoms with van der Waals surface area (Å²) in [6.45, 7) is 5.92. The molecule has 3 heteroatoms. The molecular weight excluding hydrogens is 260 g/mol. The maximum Gasteiger partial charge on any atom is 0.225 e. The normalized spacial score (nSPS) is 15.3. The van der Waals surface area contributed by atoms with Gasteiger partial charge in [-0.15, -0.1) is 0 Å². The molecule has 2 heterocycles. The highest BCUT2D eigenvalue weighted by Crippen LogP contribution is 2.26. The van der Waals surface area contributed by atoms with Crippen LogP contribution in [0.4, 0.5) is 0 Å². The van der Waals surface area contributed by atoms with Gasteiger partial charge in [-0.1, -0.05) is 32.0 Å². The monoisotopic (exact) mass is 284 g/mol. The number of aromatic amines is 1. The van der Waals surface area contributed by atoms with E-state index in [4.69, 9.17) is 0 Å². The van der Waals surface area contributed by atoms with E-state index in [-0.39, 0.29) is 5.92 Å². The highest BCUT2D eigenvalue weighted by molar-refractivity contribution is 5.85. The number of amides is 1. The number of rotatable bonds is 3. The zero-order chi connectivity index (χ0) is 14.8. The largest absolute Gasteiger partial charge is 0.358 e. The summed E-state index contributed by atoms with van der Waals surface area (Å²) in [6.07, 6.45) is 3.79. The minimum absolute atomic E-state index is 0.193. The number of hydrogen-bond acceptors (Lipinski definition) is 1. The molecule has 3 rings (SSSR count). The molecule has 0 radical (unpaired) electrons. The van der Waals surface area contributed by atoms with Crippen LogP contribution in [0.5, 0.6) is 0 Å². The number of carbonyl (C=O) groups is 1. The third-order valence-electron chi connectivity index (χ3n) is 4.81. The third kappa shape index (κ3) is 2.57. The Morgan fingerprint density at radius 2 is 1.90 bits per heavy atom. The van der Waals surface area contributed by atoms with Crippen LogP contribution in [0.25, 0.3) is 10.9 Å². The minimum Gasteiger partial charge on any atom is -0.358 e. The van der Waals surface area contributed by atoms with E-state index in [9.17, 15) is 4.79 Å². The summed E-state index contributed by atoms with van der Waals surface area (Å²) in [5.74, 6) is 0.535. The Hall–Kier alpha value is -1.77. The van der Waals surface area contributed by atoms with Crippen molar-refractivity contribution in [2.45, 2.75) is 39.5 Å². The van der Waals surface area contributed by atoms with E-state index >= 15 is 0 Å². The lowest BCUT2D eigenvalue weighted by molar-refractivity contribution is -0.135. The van der Waals surface area contributed by atoms with E-state index in [2.05, 4.69) is 48.0 Å². The Bertz CT molecular complexity index is 640. The average molecular weight is 284 g/mol. The first-order valence-corrected chi connectivity index (χ1v) is 8.11. The van der Waals surface area contributed by atoms with Crippen LogP contribution in [0.1, 0.15) is 37.9 Å².